The van der Waals surface area contributed by atoms with Crippen molar-refractivity contribution in [2.24, 2.45) is 5.73 Å². The maximum absolute atomic E-state index is 11.9. The Morgan fingerprint density at radius 2 is 2.00 bits per heavy atom. The lowest BCUT2D eigenvalue weighted by Crippen LogP contribution is -2.43. The Hall–Kier alpha value is -1.40. The summed E-state index contributed by atoms with van der Waals surface area (Å²) in [6, 6.07) is 5.41. The Bertz CT molecular complexity index is 539. The molecule has 1 aromatic carbocycles. The molecule has 0 radical (unpaired) electrons. The lowest BCUT2D eigenvalue weighted by molar-refractivity contribution is -0.119. The van der Waals surface area contributed by atoms with Crippen LogP contribution in [0.1, 0.15) is 0 Å². The molecule has 1 aliphatic heterocycles. The summed E-state index contributed by atoms with van der Waals surface area (Å²) in [7, 11) is -1.95. The van der Waals surface area contributed by atoms with Gasteiger partial charge in [0.15, 0.2) is 9.84 Å². The van der Waals surface area contributed by atoms with Crippen LogP contribution in [0.2, 0.25) is 0 Å². The molecule has 0 saturated heterocycles. The molecule has 86 valence electrons. The number of nitrogens with two attached hydrogens (primary N) is 1. The number of benzene rings is 1. The first-order chi connectivity index (χ1) is 7.43. The van der Waals surface area contributed by atoms with Crippen molar-refractivity contribution in [3.05, 3.63) is 24.3 Å². The molecule has 1 aliphatic rings. The van der Waals surface area contributed by atoms with E-state index >= 15 is 0 Å². The first-order valence-corrected chi connectivity index (χ1v) is 6.43. The van der Waals surface area contributed by atoms with Gasteiger partial charge in [-0.1, -0.05) is 12.1 Å². The molecule has 1 heterocycles. The van der Waals surface area contributed by atoms with Crippen molar-refractivity contribution in [3.63, 3.8) is 0 Å². The van der Waals surface area contributed by atoms with E-state index in [1.54, 1.807) is 18.2 Å². The van der Waals surface area contributed by atoms with Crippen molar-refractivity contribution in [3.8, 4) is 0 Å². The highest BCUT2D eigenvalue weighted by molar-refractivity contribution is 7.91. The lowest BCUT2D eigenvalue weighted by atomic mass is 10.2. The van der Waals surface area contributed by atoms with Gasteiger partial charge >= 0.3 is 0 Å². The van der Waals surface area contributed by atoms with Gasteiger partial charge in [0.05, 0.1) is 22.4 Å². The van der Waals surface area contributed by atoms with Crippen LogP contribution in [-0.4, -0.2) is 33.2 Å². The Morgan fingerprint density at radius 3 is 2.69 bits per heavy atom. The van der Waals surface area contributed by atoms with Crippen LogP contribution in [0.25, 0.3) is 0 Å². The van der Waals surface area contributed by atoms with Crippen molar-refractivity contribution in [2.75, 3.05) is 17.7 Å². The molecule has 6 heteroatoms. The van der Waals surface area contributed by atoms with E-state index in [0.717, 1.165) is 0 Å². The number of carbonyl (C=O) groups is 1. The number of fused-ring (bicyclic) bond motifs is 1. The number of carbonyl (C=O) groups excluding carboxylic acids is 1. The fraction of sp³-hybridized carbons (Fsp3) is 0.300. The molecule has 2 rings (SSSR count). The molecule has 1 amide bonds. The van der Waals surface area contributed by atoms with Gasteiger partial charge in [-0.25, -0.2) is 8.42 Å². The van der Waals surface area contributed by atoms with E-state index in [1.165, 1.54) is 18.0 Å². The zero-order valence-electron chi connectivity index (χ0n) is 8.75. The monoisotopic (exact) mass is 240 g/mol. The molecule has 16 heavy (non-hydrogen) atoms. The van der Waals surface area contributed by atoms with Gasteiger partial charge < -0.3 is 10.6 Å². The van der Waals surface area contributed by atoms with Crippen LogP contribution < -0.4 is 10.6 Å². The lowest BCUT2D eigenvalue weighted by Gasteiger charge is -2.17. The quantitative estimate of drug-likeness (QED) is 0.679. The first kappa shape index (κ1) is 11.1. The van der Waals surface area contributed by atoms with Crippen molar-refractivity contribution in [1.82, 2.24) is 0 Å². The second-order valence-electron chi connectivity index (χ2n) is 3.75. The van der Waals surface area contributed by atoms with Crippen LogP contribution in [0.4, 0.5) is 5.69 Å². The number of sulfone groups is 1. The third-order valence-electron chi connectivity index (χ3n) is 2.61. The molecule has 0 aromatic heterocycles. The molecule has 0 aliphatic carbocycles. The number of amides is 1. The van der Waals surface area contributed by atoms with Gasteiger partial charge in [0, 0.05) is 7.05 Å². The summed E-state index contributed by atoms with van der Waals surface area (Å²) in [6.07, 6.45) is 0. The Labute approximate surface area is 93.8 Å². The fourth-order valence-electron chi connectivity index (χ4n) is 1.76. The Balaban J connectivity index is 2.71. The second-order valence-corrected chi connectivity index (χ2v) is 5.76. The van der Waals surface area contributed by atoms with Crippen molar-refractivity contribution in [1.29, 1.82) is 0 Å². The topological polar surface area (TPSA) is 80.5 Å². The van der Waals surface area contributed by atoms with Crippen LogP contribution >= 0.6 is 0 Å². The van der Waals surface area contributed by atoms with Crippen LogP contribution in [0, 0.1) is 0 Å². The average molecular weight is 240 g/mol. The fourth-order valence-corrected chi connectivity index (χ4v) is 3.37. The summed E-state index contributed by atoms with van der Waals surface area (Å²) >= 11 is 0. The van der Waals surface area contributed by atoms with Crippen LogP contribution in [0.5, 0.6) is 0 Å². The summed E-state index contributed by atoms with van der Waals surface area (Å²) in [4.78, 5) is 13.2. The largest absolute Gasteiger partial charge is 0.319 e. The van der Waals surface area contributed by atoms with Crippen molar-refractivity contribution >= 4 is 21.4 Å². The molecule has 1 aromatic rings. The minimum absolute atomic E-state index is 0.166. The van der Waals surface area contributed by atoms with E-state index in [4.69, 9.17) is 5.73 Å². The van der Waals surface area contributed by atoms with Crippen LogP contribution in [-0.2, 0) is 14.6 Å². The summed E-state index contributed by atoms with van der Waals surface area (Å²) in [5, 5.41) is 0. The highest BCUT2D eigenvalue weighted by atomic mass is 32.2. The minimum Gasteiger partial charge on any atom is -0.319 e. The normalized spacial score (nSPS) is 23.8. The summed E-state index contributed by atoms with van der Waals surface area (Å²) in [6.45, 7) is 0. The predicted molar refractivity (Wildman–Crippen MR) is 59.9 cm³/mol. The highest BCUT2D eigenvalue weighted by Crippen LogP contribution is 2.28. The maximum atomic E-state index is 11.9. The first-order valence-electron chi connectivity index (χ1n) is 4.78. The van der Waals surface area contributed by atoms with Gasteiger partial charge in [0.1, 0.15) is 0 Å². The molecule has 0 unspecified atom stereocenters. The molecule has 0 fully saturated rings. The van der Waals surface area contributed by atoms with Crippen molar-refractivity contribution < 1.29 is 13.2 Å². The predicted octanol–water partition coefficient (Wildman–Crippen LogP) is -0.236. The summed E-state index contributed by atoms with van der Waals surface area (Å²) in [5.41, 5.74) is 5.94. The van der Waals surface area contributed by atoms with Crippen LogP contribution in [0.3, 0.4) is 0 Å². The number of hydrogen-bond donors (Lipinski definition) is 1. The zero-order chi connectivity index (χ0) is 11.9. The number of rotatable bonds is 0. The third kappa shape index (κ3) is 1.60. The van der Waals surface area contributed by atoms with Crippen molar-refractivity contribution in [2.45, 2.75) is 10.9 Å². The minimum atomic E-state index is -3.48. The van der Waals surface area contributed by atoms with Gasteiger partial charge in [0.25, 0.3) is 0 Å². The van der Waals surface area contributed by atoms with E-state index in [9.17, 15) is 13.2 Å². The zero-order valence-corrected chi connectivity index (χ0v) is 9.57. The Morgan fingerprint density at radius 1 is 1.38 bits per heavy atom. The second kappa shape index (κ2) is 3.57. The Kier molecular flexibility index (Phi) is 2.47. The summed E-state index contributed by atoms with van der Waals surface area (Å²) < 4.78 is 23.9. The molecule has 2 N–H and O–H groups in total. The van der Waals surface area contributed by atoms with Gasteiger partial charge in [-0.05, 0) is 12.1 Å². The molecular formula is C10H12N2O3S. The molecular weight excluding hydrogens is 228 g/mol. The van der Waals surface area contributed by atoms with E-state index in [2.05, 4.69) is 0 Å². The SMILES string of the molecule is CN1C(=O)[C@@H](N)CS(=O)(=O)c2ccccc21. The van der Waals surface area contributed by atoms with E-state index in [-0.39, 0.29) is 16.6 Å². The van der Waals surface area contributed by atoms with E-state index in [1.807, 2.05) is 0 Å². The molecule has 1 atom stereocenters. The highest BCUT2D eigenvalue weighted by Gasteiger charge is 2.33. The smallest absolute Gasteiger partial charge is 0.244 e. The van der Waals surface area contributed by atoms with Crippen LogP contribution in [0.15, 0.2) is 29.2 Å². The number of anilines is 1. The molecule has 0 saturated carbocycles. The molecule has 0 spiro atoms. The van der Waals surface area contributed by atoms with E-state index in [0.29, 0.717) is 5.69 Å². The number of nitrogens with zero attached hydrogens (tertiary/aromatic N) is 1. The standard InChI is InChI=1S/C10H12N2O3S/c1-12-8-4-2-3-5-9(8)16(14,15)6-7(11)10(12)13/h2-5,7H,6,11H2,1H3/t7-/m0/s1. The number of hydrogen-bond acceptors (Lipinski definition) is 4. The van der Waals surface area contributed by atoms with Gasteiger partial charge in [-0.3, -0.25) is 4.79 Å². The van der Waals surface area contributed by atoms with Gasteiger partial charge in [-0.2, -0.15) is 0 Å². The molecule has 5 nitrogen and oxygen atoms in total. The number of para-hydroxylation sites is 1. The van der Waals surface area contributed by atoms with E-state index < -0.39 is 15.9 Å². The van der Waals surface area contributed by atoms with Gasteiger partial charge in [0.2, 0.25) is 5.91 Å². The van der Waals surface area contributed by atoms with Gasteiger partial charge in [-0.15, -0.1) is 0 Å². The third-order valence-corrected chi connectivity index (χ3v) is 4.42. The molecule has 0 bridgehead atoms. The summed E-state index contributed by atoms with van der Waals surface area (Å²) in [5.74, 6) is -0.721. The average Bonchev–Trinajstić information content (AvgIpc) is 2.31. The maximum Gasteiger partial charge on any atom is 0.244 e. The number of likely N-dealkylation sites (N-methyl/N-ethyl adjacent to an activating group) is 1.